The molecule has 3 rings (SSSR count). The van der Waals surface area contributed by atoms with Gasteiger partial charge in [0.05, 0.1) is 19.3 Å². The standard InChI is InChI=1S/C21H30O10/c1-21(2,27)14-8-11-12(29-14)6-4-10(5-7-15(23)28-3)19(11)31-20-18(26)17(25)16(24)13(9-22)30-20/h4,6,13-14,16-18,20,22,24-27H,5,7-9H2,1-3H3/t13-,14?,16-,17+,18-,20+/m1/s1. The molecule has 5 N–H and O–H groups in total. The Morgan fingerprint density at radius 2 is 1.90 bits per heavy atom. The van der Waals surface area contributed by atoms with Crippen molar-refractivity contribution in [2.24, 2.45) is 0 Å². The van der Waals surface area contributed by atoms with Crippen LogP contribution < -0.4 is 9.47 Å². The minimum atomic E-state index is -1.59. The molecule has 6 atom stereocenters. The van der Waals surface area contributed by atoms with Crippen LogP contribution in [-0.2, 0) is 27.1 Å². The van der Waals surface area contributed by atoms with E-state index in [1.807, 2.05) is 0 Å². The number of rotatable bonds is 7. The lowest BCUT2D eigenvalue weighted by molar-refractivity contribution is -0.277. The van der Waals surface area contributed by atoms with Gasteiger partial charge in [0.2, 0.25) is 6.29 Å². The van der Waals surface area contributed by atoms with Crippen molar-refractivity contribution < 1.29 is 49.3 Å². The summed E-state index contributed by atoms with van der Waals surface area (Å²) in [6, 6.07) is 3.42. The molecule has 0 radical (unpaired) electrons. The molecular weight excluding hydrogens is 412 g/mol. The first-order chi connectivity index (χ1) is 14.6. The maximum atomic E-state index is 11.6. The third-order valence-corrected chi connectivity index (χ3v) is 5.65. The molecule has 10 nitrogen and oxygen atoms in total. The molecule has 31 heavy (non-hydrogen) atoms. The van der Waals surface area contributed by atoms with E-state index >= 15 is 0 Å². The molecule has 0 amide bonds. The highest BCUT2D eigenvalue weighted by atomic mass is 16.7. The van der Waals surface area contributed by atoms with E-state index in [2.05, 4.69) is 0 Å². The number of methoxy groups -OCH3 is 1. The summed E-state index contributed by atoms with van der Waals surface area (Å²) >= 11 is 0. The van der Waals surface area contributed by atoms with E-state index in [0.717, 1.165) is 0 Å². The Kier molecular flexibility index (Phi) is 7.09. The first-order valence-corrected chi connectivity index (χ1v) is 10.1. The van der Waals surface area contributed by atoms with E-state index in [-0.39, 0.29) is 18.6 Å². The van der Waals surface area contributed by atoms with E-state index in [0.29, 0.717) is 23.3 Å². The van der Waals surface area contributed by atoms with Crippen molar-refractivity contribution in [1.29, 1.82) is 0 Å². The zero-order valence-corrected chi connectivity index (χ0v) is 17.7. The third-order valence-electron chi connectivity index (χ3n) is 5.65. The number of benzene rings is 1. The van der Waals surface area contributed by atoms with Gasteiger partial charge in [0.25, 0.3) is 0 Å². The van der Waals surface area contributed by atoms with Gasteiger partial charge in [0.15, 0.2) is 0 Å². The summed E-state index contributed by atoms with van der Waals surface area (Å²) in [6.45, 7) is 2.66. The van der Waals surface area contributed by atoms with Crippen LogP contribution in [0.25, 0.3) is 0 Å². The second-order valence-corrected chi connectivity index (χ2v) is 8.39. The van der Waals surface area contributed by atoms with Crippen LogP contribution in [0.1, 0.15) is 31.4 Å². The van der Waals surface area contributed by atoms with E-state index < -0.39 is 55.0 Å². The molecule has 10 heteroatoms. The predicted molar refractivity (Wildman–Crippen MR) is 106 cm³/mol. The third kappa shape index (κ3) is 4.94. The van der Waals surface area contributed by atoms with Crippen LogP contribution in [0.5, 0.6) is 11.5 Å². The molecule has 0 spiro atoms. The fourth-order valence-electron chi connectivity index (χ4n) is 3.70. The Morgan fingerprint density at radius 1 is 1.19 bits per heavy atom. The highest BCUT2D eigenvalue weighted by Crippen LogP contribution is 2.42. The van der Waals surface area contributed by atoms with Gasteiger partial charge in [0, 0.05) is 18.4 Å². The molecule has 1 saturated heterocycles. The number of hydrogen-bond donors (Lipinski definition) is 5. The van der Waals surface area contributed by atoms with Crippen LogP contribution in [0.2, 0.25) is 0 Å². The molecule has 0 saturated carbocycles. The van der Waals surface area contributed by atoms with E-state index in [1.54, 1.807) is 26.0 Å². The Hall–Kier alpha value is -1.95. The lowest BCUT2D eigenvalue weighted by Gasteiger charge is -2.40. The van der Waals surface area contributed by atoms with Crippen molar-refractivity contribution in [3.8, 4) is 11.5 Å². The number of aryl methyl sites for hydroxylation is 1. The molecule has 1 aromatic carbocycles. The molecule has 0 aliphatic carbocycles. The van der Waals surface area contributed by atoms with Gasteiger partial charge < -0.3 is 44.5 Å². The summed E-state index contributed by atoms with van der Waals surface area (Å²) in [5.41, 5.74) is 0.0959. The van der Waals surface area contributed by atoms with Gasteiger partial charge in [-0.05, 0) is 31.9 Å². The number of aliphatic hydroxyl groups is 5. The molecule has 1 unspecified atom stereocenters. The quantitative estimate of drug-likeness (QED) is 0.334. The second kappa shape index (κ2) is 9.27. The number of esters is 1. The average Bonchev–Trinajstić information content (AvgIpc) is 3.18. The molecule has 174 valence electrons. The molecule has 1 aromatic rings. The Balaban J connectivity index is 1.93. The summed E-state index contributed by atoms with van der Waals surface area (Å²) in [6.07, 6.45) is -7.10. The largest absolute Gasteiger partial charge is 0.487 e. The monoisotopic (exact) mass is 442 g/mol. The highest BCUT2D eigenvalue weighted by Gasteiger charge is 2.46. The average molecular weight is 442 g/mol. The number of ether oxygens (including phenoxy) is 4. The lowest BCUT2D eigenvalue weighted by Crippen LogP contribution is -2.60. The fraction of sp³-hybridized carbons (Fsp3) is 0.667. The fourth-order valence-corrected chi connectivity index (χ4v) is 3.70. The highest BCUT2D eigenvalue weighted by molar-refractivity contribution is 5.70. The van der Waals surface area contributed by atoms with E-state index in [4.69, 9.17) is 18.9 Å². The van der Waals surface area contributed by atoms with Crippen LogP contribution >= 0.6 is 0 Å². The lowest BCUT2D eigenvalue weighted by atomic mass is 9.95. The minimum Gasteiger partial charge on any atom is -0.487 e. The summed E-state index contributed by atoms with van der Waals surface area (Å²) in [5, 5.41) is 50.2. The first-order valence-electron chi connectivity index (χ1n) is 10.1. The molecule has 2 aliphatic rings. The van der Waals surface area contributed by atoms with Crippen molar-refractivity contribution in [1.82, 2.24) is 0 Å². The maximum absolute atomic E-state index is 11.6. The summed E-state index contributed by atoms with van der Waals surface area (Å²) in [7, 11) is 1.29. The van der Waals surface area contributed by atoms with Gasteiger partial charge in [-0.25, -0.2) is 0 Å². The van der Waals surface area contributed by atoms with Crippen LogP contribution in [0.15, 0.2) is 12.1 Å². The summed E-state index contributed by atoms with van der Waals surface area (Å²) in [4.78, 5) is 11.6. The molecule has 1 fully saturated rings. The molecular formula is C21H30O10. The maximum Gasteiger partial charge on any atom is 0.305 e. The zero-order valence-electron chi connectivity index (χ0n) is 17.7. The molecule has 2 heterocycles. The Bertz CT molecular complexity index is 787. The SMILES string of the molecule is COC(=O)CCc1ccc2c(c1O[C@@H]1O[C@H](CO)[C@@H](O)[C@H](O)[C@H]1O)CC(C(C)(C)O)O2. The van der Waals surface area contributed by atoms with Gasteiger partial charge in [-0.3, -0.25) is 4.79 Å². The second-order valence-electron chi connectivity index (χ2n) is 8.39. The van der Waals surface area contributed by atoms with Crippen molar-refractivity contribution in [2.45, 2.75) is 75.5 Å². The number of fused-ring (bicyclic) bond motifs is 1. The topological polar surface area (TPSA) is 155 Å². The Morgan fingerprint density at radius 3 is 2.52 bits per heavy atom. The van der Waals surface area contributed by atoms with Gasteiger partial charge in [-0.15, -0.1) is 0 Å². The van der Waals surface area contributed by atoms with Gasteiger partial charge in [-0.1, -0.05) is 6.07 Å². The van der Waals surface area contributed by atoms with Gasteiger partial charge in [-0.2, -0.15) is 0 Å². The van der Waals surface area contributed by atoms with Crippen LogP contribution in [0, 0.1) is 0 Å². The zero-order chi connectivity index (χ0) is 22.9. The van der Waals surface area contributed by atoms with Gasteiger partial charge >= 0.3 is 5.97 Å². The summed E-state index contributed by atoms with van der Waals surface area (Å²) < 4.78 is 22.0. The smallest absolute Gasteiger partial charge is 0.305 e. The number of aliphatic hydroxyl groups excluding tert-OH is 4. The van der Waals surface area contributed by atoms with Gasteiger partial charge in [0.1, 0.15) is 42.0 Å². The Labute approximate surface area is 179 Å². The van der Waals surface area contributed by atoms with Crippen molar-refractivity contribution >= 4 is 5.97 Å². The van der Waals surface area contributed by atoms with E-state index in [9.17, 15) is 30.3 Å². The van der Waals surface area contributed by atoms with Crippen LogP contribution in [0.3, 0.4) is 0 Å². The number of carbonyl (C=O) groups is 1. The molecule has 0 bridgehead atoms. The van der Waals surface area contributed by atoms with Crippen LogP contribution in [0.4, 0.5) is 0 Å². The predicted octanol–water partition coefficient (Wildman–Crippen LogP) is -0.955. The first kappa shape index (κ1) is 23.7. The van der Waals surface area contributed by atoms with Crippen LogP contribution in [-0.4, -0.2) is 87.6 Å². The summed E-state index contributed by atoms with van der Waals surface area (Å²) in [5.74, 6) is 0.357. The molecule has 0 aromatic heterocycles. The minimum absolute atomic E-state index is 0.0795. The molecule has 2 aliphatic heterocycles. The van der Waals surface area contributed by atoms with Crippen molar-refractivity contribution in [3.05, 3.63) is 23.3 Å². The van der Waals surface area contributed by atoms with Crippen molar-refractivity contribution in [3.63, 3.8) is 0 Å². The van der Waals surface area contributed by atoms with Crippen molar-refractivity contribution in [2.75, 3.05) is 13.7 Å². The number of carbonyl (C=O) groups excluding carboxylic acids is 1. The number of hydrogen-bond acceptors (Lipinski definition) is 10. The van der Waals surface area contributed by atoms with E-state index in [1.165, 1.54) is 7.11 Å². The normalized spacial score (nSPS) is 30.5.